The van der Waals surface area contributed by atoms with Crippen LogP contribution in [0.3, 0.4) is 0 Å². The van der Waals surface area contributed by atoms with Crippen molar-refractivity contribution in [2.45, 2.75) is 0 Å². The molecule has 0 amide bonds. The predicted octanol–water partition coefficient (Wildman–Crippen LogP) is 3.43. The third-order valence-electron chi connectivity index (χ3n) is 3.60. The average Bonchev–Trinajstić information content (AvgIpc) is 2.69. The van der Waals surface area contributed by atoms with Crippen molar-refractivity contribution in [3.8, 4) is 5.75 Å². The molecule has 8 nitrogen and oxygen atoms in total. The van der Waals surface area contributed by atoms with E-state index < -0.39 is 0 Å². The lowest BCUT2D eigenvalue weighted by atomic mass is 10.3. The Kier molecular flexibility index (Phi) is 6.37. The van der Waals surface area contributed by atoms with Gasteiger partial charge in [0.25, 0.3) is 0 Å². The van der Waals surface area contributed by atoms with Crippen LogP contribution in [0.1, 0.15) is 0 Å². The lowest BCUT2D eigenvalue weighted by molar-refractivity contribution is 0.210. The van der Waals surface area contributed by atoms with E-state index in [9.17, 15) is 0 Å². The molecule has 140 valence electrons. The topological polar surface area (TPSA) is 93.2 Å². The second-order valence-corrected chi connectivity index (χ2v) is 5.57. The maximum Gasteiger partial charge on any atom is 0.233 e. The van der Waals surface area contributed by atoms with Gasteiger partial charge in [-0.25, -0.2) is 0 Å². The monoisotopic (exact) mass is 366 g/mol. The highest BCUT2D eigenvalue weighted by Gasteiger charge is 2.08. The van der Waals surface area contributed by atoms with E-state index in [4.69, 9.17) is 9.47 Å². The molecule has 27 heavy (non-hydrogen) atoms. The fraction of sp³-hybridized carbons (Fsp3) is 0.211. The van der Waals surface area contributed by atoms with Crippen LogP contribution in [-0.4, -0.2) is 42.3 Å². The Labute approximate surface area is 158 Å². The molecule has 1 heterocycles. The van der Waals surface area contributed by atoms with E-state index in [0.29, 0.717) is 31.0 Å². The Morgan fingerprint density at radius 1 is 0.741 bits per heavy atom. The number of nitrogens with one attached hydrogen (secondary N) is 3. The van der Waals surface area contributed by atoms with Crippen molar-refractivity contribution in [1.29, 1.82) is 0 Å². The van der Waals surface area contributed by atoms with Crippen LogP contribution in [0, 0.1) is 0 Å². The van der Waals surface area contributed by atoms with Gasteiger partial charge >= 0.3 is 0 Å². The summed E-state index contributed by atoms with van der Waals surface area (Å²) in [7, 11) is 3.28. The molecular weight excluding hydrogens is 344 g/mol. The van der Waals surface area contributed by atoms with E-state index in [1.54, 1.807) is 14.2 Å². The zero-order valence-corrected chi connectivity index (χ0v) is 15.3. The quantitative estimate of drug-likeness (QED) is 0.496. The summed E-state index contributed by atoms with van der Waals surface area (Å²) < 4.78 is 10.2. The molecule has 0 bridgehead atoms. The van der Waals surface area contributed by atoms with Crippen molar-refractivity contribution < 1.29 is 9.47 Å². The molecule has 1 aromatic heterocycles. The number of hydrogen-bond acceptors (Lipinski definition) is 8. The average molecular weight is 366 g/mol. The van der Waals surface area contributed by atoms with Gasteiger partial charge in [-0.05, 0) is 36.4 Å². The minimum absolute atomic E-state index is 0.425. The van der Waals surface area contributed by atoms with Gasteiger partial charge in [0.15, 0.2) is 0 Å². The molecule has 3 N–H and O–H groups in total. The first-order valence-electron chi connectivity index (χ1n) is 8.49. The van der Waals surface area contributed by atoms with E-state index >= 15 is 0 Å². The van der Waals surface area contributed by atoms with Crippen LogP contribution >= 0.6 is 0 Å². The Morgan fingerprint density at radius 3 is 1.93 bits per heavy atom. The third-order valence-corrected chi connectivity index (χ3v) is 3.60. The Bertz CT molecular complexity index is 843. The highest BCUT2D eigenvalue weighted by Crippen LogP contribution is 2.20. The second kappa shape index (κ2) is 9.35. The Hall–Kier alpha value is -3.39. The number of para-hydroxylation sites is 1. The van der Waals surface area contributed by atoms with E-state index in [0.717, 1.165) is 17.1 Å². The maximum absolute atomic E-state index is 5.18. The van der Waals surface area contributed by atoms with Crippen molar-refractivity contribution in [1.82, 2.24) is 15.0 Å². The maximum atomic E-state index is 5.18. The molecule has 3 rings (SSSR count). The number of rotatable bonds is 9. The summed E-state index contributed by atoms with van der Waals surface area (Å²) in [4.78, 5) is 13.3. The third kappa shape index (κ3) is 5.55. The van der Waals surface area contributed by atoms with Crippen LogP contribution in [0.25, 0.3) is 0 Å². The number of anilines is 5. The number of nitrogens with zero attached hydrogens (tertiary/aromatic N) is 3. The van der Waals surface area contributed by atoms with Gasteiger partial charge in [-0.3, -0.25) is 0 Å². The van der Waals surface area contributed by atoms with Gasteiger partial charge in [-0.1, -0.05) is 18.2 Å². The summed E-state index contributed by atoms with van der Waals surface area (Å²) >= 11 is 0. The molecule has 0 saturated heterocycles. The Morgan fingerprint density at radius 2 is 1.33 bits per heavy atom. The molecular formula is C19H22N6O2. The highest BCUT2D eigenvalue weighted by molar-refractivity contribution is 5.59. The van der Waals surface area contributed by atoms with Crippen molar-refractivity contribution in [3.63, 3.8) is 0 Å². The summed E-state index contributed by atoms with van der Waals surface area (Å²) in [6.45, 7) is 1.14. The number of methoxy groups -OCH3 is 2. The van der Waals surface area contributed by atoms with E-state index in [-0.39, 0.29) is 0 Å². The van der Waals surface area contributed by atoms with Gasteiger partial charge < -0.3 is 25.4 Å². The van der Waals surface area contributed by atoms with E-state index in [1.807, 2.05) is 54.6 Å². The number of ether oxygens (including phenoxy) is 2. The first-order chi connectivity index (χ1) is 13.3. The molecule has 2 aromatic carbocycles. The molecule has 0 saturated carbocycles. The first-order valence-corrected chi connectivity index (χ1v) is 8.49. The van der Waals surface area contributed by atoms with Gasteiger partial charge in [-0.15, -0.1) is 0 Å². The van der Waals surface area contributed by atoms with Gasteiger partial charge in [-0.2, -0.15) is 15.0 Å². The van der Waals surface area contributed by atoms with Crippen molar-refractivity contribution >= 4 is 29.2 Å². The number of hydrogen-bond donors (Lipinski definition) is 3. The predicted molar refractivity (Wildman–Crippen MR) is 106 cm³/mol. The van der Waals surface area contributed by atoms with E-state index in [2.05, 4.69) is 30.9 Å². The first kappa shape index (κ1) is 18.4. The summed E-state index contributed by atoms with van der Waals surface area (Å²) in [5.41, 5.74) is 1.73. The van der Waals surface area contributed by atoms with Crippen LogP contribution in [-0.2, 0) is 4.74 Å². The molecule has 0 radical (unpaired) electrons. The normalized spacial score (nSPS) is 10.3. The van der Waals surface area contributed by atoms with Crippen LogP contribution < -0.4 is 20.7 Å². The van der Waals surface area contributed by atoms with Crippen molar-refractivity contribution in [2.75, 3.05) is 43.3 Å². The zero-order chi connectivity index (χ0) is 18.9. The highest BCUT2D eigenvalue weighted by atomic mass is 16.5. The lowest BCUT2D eigenvalue weighted by Crippen LogP contribution is -2.13. The Balaban J connectivity index is 1.81. The fourth-order valence-corrected chi connectivity index (χ4v) is 2.29. The van der Waals surface area contributed by atoms with Gasteiger partial charge in [0.2, 0.25) is 17.8 Å². The lowest BCUT2D eigenvalue weighted by Gasteiger charge is -2.11. The van der Waals surface area contributed by atoms with Crippen molar-refractivity contribution in [2.24, 2.45) is 0 Å². The molecule has 0 aliphatic heterocycles. The minimum Gasteiger partial charge on any atom is -0.497 e. The van der Waals surface area contributed by atoms with E-state index in [1.165, 1.54) is 0 Å². The standard InChI is InChI=1S/C19H22N6O2/c1-26-13-12-20-17-23-18(21-14-6-4-3-5-7-14)25-19(24-17)22-15-8-10-16(27-2)11-9-15/h3-11H,12-13H2,1-2H3,(H3,20,21,22,23,24,25). The van der Waals surface area contributed by atoms with Gasteiger partial charge in [0.1, 0.15) is 5.75 Å². The van der Waals surface area contributed by atoms with Crippen LogP contribution in [0.15, 0.2) is 54.6 Å². The minimum atomic E-state index is 0.425. The largest absolute Gasteiger partial charge is 0.497 e. The molecule has 0 aliphatic rings. The molecule has 0 spiro atoms. The summed E-state index contributed by atoms with van der Waals surface area (Å²) in [6, 6.07) is 17.2. The van der Waals surface area contributed by atoms with Gasteiger partial charge in [0, 0.05) is 25.0 Å². The zero-order valence-electron chi connectivity index (χ0n) is 15.3. The summed E-state index contributed by atoms with van der Waals surface area (Å²) in [5, 5.41) is 9.50. The summed E-state index contributed by atoms with van der Waals surface area (Å²) in [5.74, 6) is 2.10. The molecule has 8 heteroatoms. The fourth-order valence-electron chi connectivity index (χ4n) is 2.29. The SMILES string of the molecule is COCCNc1nc(Nc2ccccc2)nc(Nc2ccc(OC)cc2)n1. The molecule has 0 atom stereocenters. The summed E-state index contributed by atoms with van der Waals surface area (Å²) in [6.07, 6.45) is 0. The smallest absolute Gasteiger partial charge is 0.233 e. The van der Waals surface area contributed by atoms with Crippen LogP contribution in [0.2, 0.25) is 0 Å². The number of aromatic nitrogens is 3. The van der Waals surface area contributed by atoms with Crippen molar-refractivity contribution in [3.05, 3.63) is 54.6 Å². The molecule has 3 aromatic rings. The number of benzene rings is 2. The molecule has 0 unspecified atom stereocenters. The van der Waals surface area contributed by atoms with Gasteiger partial charge in [0.05, 0.1) is 13.7 Å². The molecule has 0 fully saturated rings. The van der Waals surface area contributed by atoms with Crippen LogP contribution in [0.5, 0.6) is 5.75 Å². The second-order valence-electron chi connectivity index (χ2n) is 5.57. The molecule has 0 aliphatic carbocycles. The van der Waals surface area contributed by atoms with Crippen LogP contribution in [0.4, 0.5) is 29.2 Å².